The van der Waals surface area contributed by atoms with Crippen LogP contribution < -0.4 is 0 Å². The molecule has 0 amide bonds. The molecule has 0 aliphatic rings. The van der Waals surface area contributed by atoms with Gasteiger partial charge >= 0.3 is 13.8 Å². The lowest BCUT2D eigenvalue weighted by Gasteiger charge is -2.20. The van der Waals surface area contributed by atoms with E-state index < -0.39 is 45.8 Å². The molecule has 0 radical (unpaired) electrons. The van der Waals surface area contributed by atoms with Crippen LogP contribution in [0.1, 0.15) is 174 Å². The summed E-state index contributed by atoms with van der Waals surface area (Å²) in [5.74, 6) is -0.445. The molecule has 0 saturated heterocycles. The Morgan fingerprint density at radius 3 is 1.59 bits per heavy atom. The first-order valence-electron chi connectivity index (χ1n) is 21.3. The van der Waals surface area contributed by atoms with Gasteiger partial charge in [0.05, 0.1) is 26.1 Å². The van der Waals surface area contributed by atoms with Gasteiger partial charge in [-0.25, -0.2) is 4.57 Å². The van der Waals surface area contributed by atoms with Crippen molar-refractivity contribution in [2.75, 3.05) is 26.4 Å². The third-order valence-corrected chi connectivity index (χ3v) is 9.73. The summed E-state index contributed by atoms with van der Waals surface area (Å²) in [6.07, 6.45) is 47.0. The maximum atomic E-state index is 12.6. The van der Waals surface area contributed by atoms with Gasteiger partial charge in [-0.3, -0.25) is 13.8 Å². The molecule has 0 aliphatic heterocycles. The maximum Gasteiger partial charge on any atom is 0.472 e. The van der Waals surface area contributed by atoms with Gasteiger partial charge in [0.25, 0.3) is 0 Å². The molecule has 0 aromatic carbocycles. The normalized spacial score (nSPS) is 14.6. The quantitative estimate of drug-likeness (QED) is 0.0183. The summed E-state index contributed by atoms with van der Waals surface area (Å²) in [5, 5.41) is 18.3. The molecule has 0 aromatic heterocycles. The molecule has 0 bridgehead atoms. The van der Waals surface area contributed by atoms with E-state index >= 15 is 0 Å². The summed E-state index contributed by atoms with van der Waals surface area (Å²) in [6, 6.07) is 0. The van der Waals surface area contributed by atoms with Crippen LogP contribution in [0.2, 0.25) is 0 Å². The zero-order valence-corrected chi connectivity index (χ0v) is 35.1. The Labute approximate surface area is 330 Å². The van der Waals surface area contributed by atoms with Gasteiger partial charge in [-0.15, -0.1) is 0 Å². The number of rotatable bonds is 40. The van der Waals surface area contributed by atoms with E-state index in [1.165, 1.54) is 96.3 Å². The fourth-order valence-corrected chi connectivity index (χ4v) is 6.34. The van der Waals surface area contributed by atoms with E-state index in [9.17, 15) is 19.4 Å². The number of carbonyl (C=O) groups excluding carboxylic acids is 1. The van der Waals surface area contributed by atoms with Crippen molar-refractivity contribution in [3.8, 4) is 0 Å². The molecule has 0 saturated carbocycles. The Kier molecular flexibility index (Phi) is 39.2. The van der Waals surface area contributed by atoms with Crippen LogP contribution in [-0.4, -0.2) is 59.7 Å². The number of esters is 1. The van der Waals surface area contributed by atoms with E-state index in [4.69, 9.17) is 23.6 Å². The van der Waals surface area contributed by atoms with Crippen LogP contribution in [-0.2, 0) is 27.9 Å². The zero-order chi connectivity index (χ0) is 39.6. The molecule has 1 unspecified atom stereocenters. The first-order valence-corrected chi connectivity index (χ1v) is 22.8. The number of ether oxygens (including phenoxy) is 2. The summed E-state index contributed by atoms with van der Waals surface area (Å²) < 4.78 is 33.0. The average Bonchev–Trinajstić information content (AvgIpc) is 3.16. The first kappa shape index (κ1) is 52.0. The van der Waals surface area contributed by atoms with Crippen LogP contribution in [0, 0.1) is 0 Å². The van der Waals surface area contributed by atoms with Gasteiger partial charge in [0.1, 0.15) is 12.7 Å². The summed E-state index contributed by atoms with van der Waals surface area (Å²) >= 11 is 0. The summed E-state index contributed by atoms with van der Waals surface area (Å²) in [7, 11) is -4.55. The second-order valence-corrected chi connectivity index (χ2v) is 15.5. The Hall–Kier alpha value is -2.00. The number of phosphoric acid groups is 1. The van der Waals surface area contributed by atoms with Crippen LogP contribution >= 0.6 is 7.82 Å². The molecule has 0 spiro atoms. The van der Waals surface area contributed by atoms with Crippen LogP contribution in [0.4, 0.5) is 0 Å². The Balaban J connectivity index is 4.28. The third kappa shape index (κ3) is 39.7. The van der Waals surface area contributed by atoms with Crippen molar-refractivity contribution in [2.45, 2.75) is 187 Å². The highest BCUT2D eigenvalue weighted by Crippen LogP contribution is 2.43. The Morgan fingerprint density at radius 2 is 1.06 bits per heavy atom. The second-order valence-electron chi connectivity index (χ2n) is 14.1. The van der Waals surface area contributed by atoms with E-state index in [0.717, 1.165) is 51.4 Å². The molecule has 9 nitrogen and oxygen atoms in total. The van der Waals surface area contributed by atoms with Crippen LogP contribution in [0.15, 0.2) is 60.9 Å². The number of carbonyl (C=O) groups is 1. The van der Waals surface area contributed by atoms with Crippen molar-refractivity contribution in [1.82, 2.24) is 0 Å². The zero-order valence-electron chi connectivity index (χ0n) is 34.2. The van der Waals surface area contributed by atoms with Crippen molar-refractivity contribution in [2.24, 2.45) is 0 Å². The first-order chi connectivity index (χ1) is 26.3. The van der Waals surface area contributed by atoms with E-state index in [1.54, 1.807) is 6.26 Å². The largest absolute Gasteiger partial charge is 0.498 e. The number of unbranched alkanes of at least 4 members (excludes halogenated alkanes) is 18. The number of allylic oxidation sites excluding steroid dienone is 9. The molecule has 54 heavy (non-hydrogen) atoms. The Morgan fingerprint density at radius 1 is 0.593 bits per heavy atom. The minimum absolute atomic E-state index is 0.0532. The lowest BCUT2D eigenvalue weighted by atomic mass is 10.0. The van der Waals surface area contributed by atoms with E-state index in [0.29, 0.717) is 6.42 Å². The van der Waals surface area contributed by atoms with Gasteiger partial charge < -0.3 is 24.6 Å². The molecule has 0 rings (SSSR count). The summed E-state index contributed by atoms with van der Waals surface area (Å²) in [4.78, 5) is 22.5. The summed E-state index contributed by atoms with van der Waals surface area (Å²) in [5.41, 5.74) is 0. The van der Waals surface area contributed by atoms with Crippen LogP contribution in [0.5, 0.6) is 0 Å². The lowest BCUT2D eigenvalue weighted by Crippen LogP contribution is -2.28. The number of aliphatic hydroxyl groups is 2. The van der Waals surface area contributed by atoms with E-state index in [-0.39, 0.29) is 13.0 Å². The van der Waals surface area contributed by atoms with Gasteiger partial charge in [0.15, 0.2) is 6.10 Å². The van der Waals surface area contributed by atoms with E-state index in [2.05, 4.69) is 62.5 Å². The van der Waals surface area contributed by atoms with Crippen molar-refractivity contribution in [3.05, 3.63) is 60.9 Å². The molecule has 0 aromatic rings. The topological polar surface area (TPSA) is 132 Å². The van der Waals surface area contributed by atoms with Crippen molar-refractivity contribution >= 4 is 13.8 Å². The molecule has 10 heteroatoms. The Bertz CT molecular complexity index is 1020. The fraction of sp³-hybridized carbons (Fsp3) is 0.750. The van der Waals surface area contributed by atoms with Gasteiger partial charge in [0.2, 0.25) is 0 Å². The average molecular weight is 783 g/mol. The van der Waals surface area contributed by atoms with Gasteiger partial charge in [-0.2, -0.15) is 0 Å². The maximum absolute atomic E-state index is 12.6. The smallest absolute Gasteiger partial charge is 0.472 e. The molecule has 0 fully saturated rings. The van der Waals surface area contributed by atoms with E-state index in [1.807, 2.05) is 6.08 Å². The van der Waals surface area contributed by atoms with Crippen molar-refractivity contribution < 1.29 is 43.0 Å². The highest BCUT2D eigenvalue weighted by Gasteiger charge is 2.26. The van der Waals surface area contributed by atoms with Gasteiger partial charge in [-0.05, 0) is 63.9 Å². The van der Waals surface area contributed by atoms with Crippen molar-refractivity contribution in [3.63, 3.8) is 0 Å². The third-order valence-electron chi connectivity index (χ3n) is 8.78. The van der Waals surface area contributed by atoms with Gasteiger partial charge in [-0.1, -0.05) is 159 Å². The van der Waals surface area contributed by atoms with Crippen LogP contribution in [0.3, 0.4) is 0 Å². The minimum atomic E-state index is -4.55. The highest BCUT2D eigenvalue weighted by atomic mass is 31.2. The monoisotopic (exact) mass is 783 g/mol. The standard InChI is InChI=1S/C44H79O9P/c1-3-5-7-9-11-13-15-17-19-20-21-23-25-27-29-31-33-35-37-50-40-43(41-52-54(48,49)51-39-42(46)38-45)53-44(47)36-34-32-30-28-26-24-22-18-16-14-12-10-8-6-4-2/h6,8,12,14,18,22,26,28,35,37,42-43,45-46H,3-5,7,9-11,13,15-17,19-21,23-25,27,29-34,36,38-41H2,1-2H3,(H,48,49)/b8-6-,14-12-,22-18-,28-26-,37-35-/t42-,43+/m0/s1. The molecular weight excluding hydrogens is 703 g/mol. The van der Waals surface area contributed by atoms with Crippen molar-refractivity contribution in [1.29, 1.82) is 0 Å². The molecular formula is C44H79O9P. The SMILES string of the molecule is CC/C=C\C/C=C\C/C=C\C/C=C\CCCCC(=O)O[C@H](CO/C=C\CCCCCCCCCCCCCCCCCC)COP(=O)(O)OC[C@@H](O)CO. The number of hydrogen-bond acceptors (Lipinski definition) is 8. The summed E-state index contributed by atoms with van der Waals surface area (Å²) in [6.45, 7) is 2.72. The predicted octanol–water partition coefficient (Wildman–Crippen LogP) is 11.9. The lowest BCUT2D eigenvalue weighted by molar-refractivity contribution is -0.153. The number of hydrogen-bond donors (Lipinski definition) is 3. The number of phosphoric ester groups is 1. The molecule has 3 N–H and O–H groups in total. The highest BCUT2D eigenvalue weighted by molar-refractivity contribution is 7.47. The fourth-order valence-electron chi connectivity index (χ4n) is 5.55. The number of aliphatic hydroxyl groups excluding tert-OH is 2. The predicted molar refractivity (Wildman–Crippen MR) is 223 cm³/mol. The molecule has 3 atom stereocenters. The molecule has 314 valence electrons. The minimum Gasteiger partial charge on any atom is -0.498 e. The van der Waals surface area contributed by atoms with Crippen LogP contribution in [0.25, 0.3) is 0 Å². The molecule has 0 heterocycles. The molecule has 0 aliphatic carbocycles. The second kappa shape index (κ2) is 40.7. The van der Waals surface area contributed by atoms with Gasteiger partial charge in [0, 0.05) is 6.42 Å².